The average Bonchev–Trinajstić information content (AvgIpc) is 3.01. The van der Waals surface area contributed by atoms with Gasteiger partial charge in [0.25, 0.3) is 0 Å². The maximum absolute atomic E-state index is 14.2. The molecule has 1 atom stereocenters. The second-order valence-corrected chi connectivity index (χ2v) is 12.8. The van der Waals surface area contributed by atoms with E-state index < -0.39 is 28.5 Å². The summed E-state index contributed by atoms with van der Waals surface area (Å²) in [7, 11) is -3.88. The molecule has 1 N–H and O–H groups in total. The van der Waals surface area contributed by atoms with Gasteiger partial charge in [-0.25, -0.2) is 8.42 Å². The van der Waals surface area contributed by atoms with E-state index in [1.165, 1.54) is 11.8 Å². The summed E-state index contributed by atoms with van der Waals surface area (Å²) in [6.45, 7) is 6.37. The minimum atomic E-state index is -3.88. The summed E-state index contributed by atoms with van der Waals surface area (Å²) in [5.41, 5.74) is 2.00. The van der Waals surface area contributed by atoms with Crippen LogP contribution in [0.25, 0.3) is 0 Å². The molecule has 0 fully saturated rings. The lowest BCUT2D eigenvalue weighted by Crippen LogP contribution is -2.53. The van der Waals surface area contributed by atoms with E-state index in [1.54, 1.807) is 18.2 Å². The maximum Gasteiger partial charge on any atom is 0.244 e. The van der Waals surface area contributed by atoms with Crippen molar-refractivity contribution in [2.75, 3.05) is 36.4 Å². The highest BCUT2D eigenvalue weighted by molar-refractivity contribution is 7.92. The zero-order valence-electron chi connectivity index (χ0n) is 24.4. The molecule has 0 radical (unpaired) electrons. The number of anilines is 1. The van der Waals surface area contributed by atoms with Crippen LogP contribution in [0.15, 0.2) is 78.9 Å². The van der Waals surface area contributed by atoms with Crippen LogP contribution in [-0.2, 0) is 32.6 Å². The second-order valence-electron chi connectivity index (χ2n) is 10.6. The Kier molecular flexibility index (Phi) is 10.5. The standard InChI is InChI=1S/C32H39N3O6S/c1-4-42(38,39)35(27-15-16-29-30(20-27)41-18-17-40-29)23-31(36)34(22-26-13-9-6-10-14-26)28(32(37)33-21-24(2)3)19-25-11-7-5-8-12-25/h5-16,20,24,28H,4,17-19,21-23H2,1-3H3,(H,33,37). The molecule has 0 aliphatic carbocycles. The van der Waals surface area contributed by atoms with E-state index >= 15 is 0 Å². The number of ether oxygens (including phenoxy) is 2. The molecule has 0 aromatic heterocycles. The Balaban J connectivity index is 1.72. The molecule has 0 saturated heterocycles. The van der Waals surface area contributed by atoms with Gasteiger partial charge in [0.05, 0.1) is 11.4 Å². The Bertz CT molecular complexity index is 1450. The first-order chi connectivity index (χ1) is 20.2. The summed E-state index contributed by atoms with van der Waals surface area (Å²) in [6.07, 6.45) is 0.272. The van der Waals surface area contributed by atoms with Crippen molar-refractivity contribution in [3.8, 4) is 11.5 Å². The molecule has 1 heterocycles. The molecule has 3 aromatic carbocycles. The van der Waals surface area contributed by atoms with E-state index in [0.29, 0.717) is 31.3 Å². The van der Waals surface area contributed by atoms with Gasteiger partial charge in [0.1, 0.15) is 25.8 Å². The van der Waals surface area contributed by atoms with Crippen molar-refractivity contribution in [1.82, 2.24) is 10.2 Å². The lowest BCUT2D eigenvalue weighted by atomic mass is 10.0. The van der Waals surface area contributed by atoms with Crippen LogP contribution in [0.3, 0.4) is 0 Å². The molecule has 224 valence electrons. The lowest BCUT2D eigenvalue weighted by molar-refractivity contribution is -0.140. The van der Waals surface area contributed by atoms with Gasteiger partial charge in [-0.05, 0) is 36.1 Å². The fourth-order valence-corrected chi connectivity index (χ4v) is 5.72. The summed E-state index contributed by atoms with van der Waals surface area (Å²) < 4.78 is 39.1. The molecule has 0 saturated carbocycles. The number of benzene rings is 3. The summed E-state index contributed by atoms with van der Waals surface area (Å²) in [5.74, 6) is 0.146. The summed E-state index contributed by atoms with van der Waals surface area (Å²) in [6, 6.07) is 22.8. The molecular weight excluding hydrogens is 554 g/mol. The molecule has 2 amide bonds. The molecule has 0 bridgehead atoms. The third-order valence-electron chi connectivity index (χ3n) is 6.94. The third kappa shape index (κ3) is 8.03. The fourth-order valence-electron chi connectivity index (χ4n) is 4.66. The van der Waals surface area contributed by atoms with E-state index in [-0.39, 0.29) is 36.2 Å². The summed E-state index contributed by atoms with van der Waals surface area (Å²) in [4.78, 5) is 29.4. The summed E-state index contributed by atoms with van der Waals surface area (Å²) in [5, 5.41) is 2.99. The van der Waals surface area contributed by atoms with E-state index in [0.717, 1.165) is 15.4 Å². The van der Waals surface area contributed by atoms with Gasteiger partial charge >= 0.3 is 0 Å². The molecule has 10 heteroatoms. The Morgan fingerprint density at radius 1 is 0.881 bits per heavy atom. The number of carbonyl (C=O) groups is 2. The Labute approximate surface area is 248 Å². The van der Waals surface area contributed by atoms with Crippen molar-refractivity contribution in [3.63, 3.8) is 0 Å². The molecule has 4 rings (SSSR count). The molecule has 0 spiro atoms. The quantitative estimate of drug-likeness (QED) is 0.321. The smallest absolute Gasteiger partial charge is 0.244 e. The Morgan fingerprint density at radius 3 is 2.12 bits per heavy atom. The van der Waals surface area contributed by atoms with Gasteiger partial charge in [0.2, 0.25) is 21.8 Å². The number of hydrogen-bond donors (Lipinski definition) is 1. The topological polar surface area (TPSA) is 105 Å². The van der Waals surface area contributed by atoms with Crippen molar-refractivity contribution >= 4 is 27.5 Å². The Morgan fingerprint density at radius 2 is 1.50 bits per heavy atom. The van der Waals surface area contributed by atoms with Crippen LogP contribution in [0, 0.1) is 5.92 Å². The van der Waals surface area contributed by atoms with Crippen LogP contribution in [0.4, 0.5) is 5.69 Å². The fraction of sp³-hybridized carbons (Fsp3) is 0.375. The van der Waals surface area contributed by atoms with Gasteiger partial charge in [0, 0.05) is 25.6 Å². The number of carbonyl (C=O) groups excluding carboxylic acids is 2. The highest BCUT2D eigenvalue weighted by atomic mass is 32.2. The molecular formula is C32H39N3O6S. The van der Waals surface area contributed by atoms with Crippen LogP contribution in [0.5, 0.6) is 11.5 Å². The van der Waals surface area contributed by atoms with Crippen LogP contribution >= 0.6 is 0 Å². The number of sulfonamides is 1. The van der Waals surface area contributed by atoms with Gasteiger partial charge in [-0.1, -0.05) is 74.5 Å². The minimum absolute atomic E-state index is 0.132. The largest absolute Gasteiger partial charge is 0.486 e. The first-order valence-electron chi connectivity index (χ1n) is 14.2. The molecule has 42 heavy (non-hydrogen) atoms. The van der Waals surface area contributed by atoms with Gasteiger partial charge in [0.15, 0.2) is 11.5 Å². The zero-order chi connectivity index (χ0) is 30.1. The lowest BCUT2D eigenvalue weighted by Gasteiger charge is -2.34. The molecule has 1 aliphatic rings. The van der Waals surface area contributed by atoms with Crippen LogP contribution < -0.4 is 19.1 Å². The predicted octanol–water partition coefficient (Wildman–Crippen LogP) is 4.03. The SMILES string of the molecule is CCS(=O)(=O)N(CC(=O)N(Cc1ccccc1)C(Cc1ccccc1)C(=O)NCC(C)C)c1ccc2c(c1)OCCO2. The average molecular weight is 594 g/mol. The Hall–Kier alpha value is -4.05. The van der Waals surface area contributed by atoms with Crippen LogP contribution in [0.1, 0.15) is 31.9 Å². The van der Waals surface area contributed by atoms with Crippen molar-refractivity contribution < 1.29 is 27.5 Å². The van der Waals surface area contributed by atoms with Gasteiger partial charge in [-0.2, -0.15) is 0 Å². The van der Waals surface area contributed by atoms with E-state index in [4.69, 9.17) is 9.47 Å². The monoisotopic (exact) mass is 593 g/mol. The van der Waals surface area contributed by atoms with E-state index in [2.05, 4.69) is 5.32 Å². The number of rotatable bonds is 13. The molecule has 1 aliphatic heterocycles. The third-order valence-corrected chi connectivity index (χ3v) is 8.69. The summed E-state index contributed by atoms with van der Waals surface area (Å²) >= 11 is 0. The first kappa shape index (κ1) is 30.9. The molecule has 1 unspecified atom stereocenters. The van der Waals surface area contributed by atoms with E-state index in [9.17, 15) is 18.0 Å². The van der Waals surface area contributed by atoms with Gasteiger partial charge in [-0.15, -0.1) is 0 Å². The van der Waals surface area contributed by atoms with Crippen molar-refractivity contribution in [2.24, 2.45) is 5.92 Å². The second kappa shape index (κ2) is 14.2. The van der Waals surface area contributed by atoms with Crippen LogP contribution in [0.2, 0.25) is 0 Å². The minimum Gasteiger partial charge on any atom is -0.486 e. The highest BCUT2D eigenvalue weighted by Gasteiger charge is 2.34. The normalized spacial score (nSPS) is 13.3. The highest BCUT2D eigenvalue weighted by Crippen LogP contribution is 2.35. The number of nitrogens with one attached hydrogen (secondary N) is 1. The van der Waals surface area contributed by atoms with Gasteiger partial charge in [-0.3, -0.25) is 13.9 Å². The molecule has 3 aromatic rings. The first-order valence-corrected chi connectivity index (χ1v) is 15.8. The number of hydrogen-bond acceptors (Lipinski definition) is 6. The molecule has 9 nitrogen and oxygen atoms in total. The van der Waals surface area contributed by atoms with Gasteiger partial charge < -0.3 is 19.7 Å². The number of fused-ring (bicyclic) bond motifs is 1. The number of nitrogens with zero attached hydrogens (tertiary/aromatic N) is 2. The van der Waals surface area contributed by atoms with Crippen molar-refractivity contribution in [1.29, 1.82) is 0 Å². The zero-order valence-corrected chi connectivity index (χ0v) is 25.2. The maximum atomic E-state index is 14.2. The predicted molar refractivity (Wildman–Crippen MR) is 163 cm³/mol. The van der Waals surface area contributed by atoms with Crippen molar-refractivity contribution in [3.05, 3.63) is 90.0 Å². The van der Waals surface area contributed by atoms with Crippen LogP contribution in [-0.4, -0.2) is 63.2 Å². The number of amides is 2. The van der Waals surface area contributed by atoms with Crippen molar-refractivity contribution in [2.45, 2.75) is 39.8 Å². The van der Waals surface area contributed by atoms with E-state index in [1.807, 2.05) is 74.5 Å².